The second-order valence-corrected chi connectivity index (χ2v) is 5.32. The SMILES string of the molecule is Cn1cc(NC(=O)c2cccc(-c3cnn(CCCl)c3)n2)cn1. The lowest BCUT2D eigenvalue weighted by molar-refractivity contribution is 0.102. The second-order valence-electron chi connectivity index (χ2n) is 4.95. The highest BCUT2D eigenvalue weighted by molar-refractivity contribution is 6.17. The van der Waals surface area contributed by atoms with Gasteiger partial charge in [-0.25, -0.2) is 4.98 Å². The molecule has 0 aliphatic heterocycles. The van der Waals surface area contributed by atoms with E-state index in [1.807, 2.05) is 12.3 Å². The Balaban J connectivity index is 1.79. The van der Waals surface area contributed by atoms with E-state index in [0.29, 0.717) is 29.5 Å². The number of alkyl halides is 1. The molecule has 0 radical (unpaired) electrons. The number of carbonyl (C=O) groups excluding carboxylic acids is 1. The maximum Gasteiger partial charge on any atom is 0.274 e. The van der Waals surface area contributed by atoms with Crippen molar-refractivity contribution in [2.45, 2.75) is 6.54 Å². The van der Waals surface area contributed by atoms with E-state index in [2.05, 4.69) is 20.5 Å². The normalized spacial score (nSPS) is 10.7. The maximum absolute atomic E-state index is 12.3. The summed E-state index contributed by atoms with van der Waals surface area (Å²) >= 11 is 5.70. The van der Waals surface area contributed by atoms with Gasteiger partial charge in [-0.15, -0.1) is 11.6 Å². The van der Waals surface area contributed by atoms with E-state index in [1.165, 1.54) is 0 Å². The molecule has 0 spiro atoms. The first-order valence-electron chi connectivity index (χ1n) is 7.01. The third-order valence-corrected chi connectivity index (χ3v) is 3.36. The van der Waals surface area contributed by atoms with Crippen LogP contribution in [-0.2, 0) is 13.6 Å². The molecular weight excluding hydrogens is 316 g/mol. The Morgan fingerprint density at radius 1 is 1.26 bits per heavy atom. The molecule has 3 aromatic rings. The summed E-state index contributed by atoms with van der Waals surface area (Å²) in [5.74, 6) is 0.204. The number of halogens is 1. The number of hydrogen-bond acceptors (Lipinski definition) is 4. The first-order chi connectivity index (χ1) is 11.2. The van der Waals surface area contributed by atoms with E-state index in [4.69, 9.17) is 11.6 Å². The Bertz CT molecular complexity index is 825. The molecular formula is C15H15ClN6O. The van der Waals surface area contributed by atoms with Crippen molar-refractivity contribution < 1.29 is 4.79 Å². The van der Waals surface area contributed by atoms with Crippen LogP contribution in [0.1, 0.15) is 10.5 Å². The molecule has 1 N–H and O–H groups in total. The van der Waals surface area contributed by atoms with Crippen LogP contribution in [0.15, 0.2) is 43.0 Å². The van der Waals surface area contributed by atoms with Crippen LogP contribution in [-0.4, -0.2) is 36.3 Å². The second kappa shape index (κ2) is 6.62. The Kier molecular flexibility index (Phi) is 4.38. The number of pyridine rings is 1. The molecule has 8 heteroatoms. The van der Waals surface area contributed by atoms with Gasteiger partial charge in [0.25, 0.3) is 5.91 Å². The summed E-state index contributed by atoms with van der Waals surface area (Å²) in [5, 5.41) is 11.0. The van der Waals surface area contributed by atoms with Crippen LogP contribution in [0.2, 0.25) is 0 Å². The Morgan fingerprint density at radius 2 is 2.13 bits per heavy atom. The van der Waals surface area contributed by atoms with E-state index >= 15 is 0 Å². The molecule has 0 atom stereocenters. The van der Waals surface area contributed by atoms with E-state index in [1.54, 1.807) is 47.1 Å². The van der Waals surface area contributed by atoms with Gasteiger partial charge in [0.1, 0.15) is 5.69 Å². The van der Waals surface area contributed by atoms with Crippen LogP contribution in [0, 0.1) is 0 Å². The minimum atomic E-state index is -0.284. The summed E-state index contributed by atoms with van der Waals surface area (Å²) in [4.78, 5) is 16.7. The van der Waals surface area contributed by atoms with Gasteiger partial charge in [0.05, 0.1) is 30.3 Å². The summed E-state index contributed by atoms with van der Waals surface area (Å²) in [7, 11) is 1.78. The minimum Gasteiger partial charge on any atom is -0.318 e. The Hall–Kier alpha value is -2.67. The lowest BCUT2D eigenvalue weighted by Gasteiger charge is -2.03. The molecule has 118 valence electrons. The fraction of sp³-hybridized carbons (Fsp3) is 0.200. The quantitative estimate of drug-likeness (QED) is 0.727. The lowest BCUT2D eigenvalue weighted by Crippen LogP contribution is -2.13. The molecule has 3 aromatic heterocycles. The number of nitrogens with zero attached hydrogens (tertiary/aromatic N) is 5. The number of hydrogen-bond donors (Lipinski definition) is 1. The minimum absolute atomic E-state index is 0.284. The molecule has 7 nitrogen and oxygen atoms in total. The van der Waals surface area contributed by atoms with Crippen molar-refractivity contribution >= 4 is 23.2 Å². The Morgan fingerprint density at radius 3 is 2.87 bits per heavy atom. The summed E-state index contributed by atoms with van der Waals surface area (Å²) in [6.45, 7) is 0.628. The first kappa shape index (κ1) is 15.2. The number of anilines is 1. The lowest BCUT2D eigenvalue weighted by atomic mass is 10.2. The van der Waals surface area contributed by atoms with Crippen molar-refractivity contribution in [3.63, 3.8) is 0 Å². The van der Waals surface area contributed by atoms with Crippen LogP contribution >= 0.6 is 11.6 Å². The van der Waals surface area contributed by atoms with Gasteiger partial charge in [0.2, 0.25) is 0 Å². The molecule has 0 fully saturated rings. The van der Waals surface area contributed by atoms with Crippen molar-refractivity contribution in [2.75, 3.05) is 11.2 Å². The van der Waals surface area contributed by atoms with Gasteiger partial charge < -0.3 is 5.32 Å². The van der Waals surface area contributed by atoms with Gasteiger partial charge in [-0.05, 0) is 12.1 Å². The van der Waals surface area contributed by atoms with E-state index in [0.717, 1.165) is 5.56 Å². The van der Waals surface area contributed by atoms with Gasteiger partial charge >= 0.3 is 0 Å². The van der Waals surface area contributed by atoms with Crippen molar-refractivity contribution in [1.29, 1.82) is 0 Å². The van der Waals surface area contributed by atoms with Crippen LogP contribution in [0.5, 0.6) is 0 Å². The number of carbonyl (C=O) groups is 1. The molecule has 0 saturated carbocycles. The predicted molar refractivity (Wildman–Crippen MR) is 87.3 cm³/mol. The van der Waals surface area contributed by atoms with Crippen LogP contribution in [0.4, 0.5) is 5.69 Å². The predicted octanol–water partition coefficient (Wildman–Crippen LogP) is 2.17. The summed E-state index contributed by atoms with van der Waals surface area (Å²) in [6, 6.07) is 5.29. The van der Waals surface area contributed by atoms with Crippen molar-refractivity contribution in [3.05, 3.63) is 48.7 Å². The number of nitrogens with one attached hydrogen (secondary N) is 1. The average Bonchev–Trinajstić information content (AvgIpc) is 3.17. The molecule has 3 heterocycles. The van der Waals surface area contributed by atoms with Crippen LogP contribution in [0.3, 0.4) is 0 Å². The average molecular weight is 331 g/mol. The molecule has 0 bridgehead atoms. The van der Waals surface area contributed by atoms with Crippen molar-refractivity contribution in [1.82, 2.24) is 24.5 Å². The Labute approximate surface area is 137 Å². The molecule has 0 aliphatic carbocycles. The van der Waals surface area contributed by atoms with Gasteiger partial charge in [0, 0.05) is 30.9 Å². The summed E-state index contributed by atoms with van der Waals surface area (Å²) < 4.78 is 3.36. The molecule has 1 amide bonds. The fourth-order valence-electron chi connectivity index (χ4n) is 2.11. The van der Waals surface area contributed by atoms with E-state index in [-0.39, 0.29) is 5.91 Å². The third kappa shape index (κ3) is 3.57. The highest BCUT2D eigenvalue weighted by atomic mass is 35.5. The largest absolute Gasteiger partial charge is 0.318 e. The first-order valence-corrected chi connectivity index (χ1v) is 7.55. The van der Waals surface area contributed by atoms with Gasteiger partial charge in [-0.3, -0.25) is 14.2 Å². The maximum atomic E-state index is 12.3. The molecule has 0 aliphatic rings. The number of aromatic nitrogens is 5. The van der Waals surface area contributed by atoms with Crippen molar-refractivity contribution in [3.8, 4) is 11.3 Å². The number of amides is 1. The summed E-state index contributed by atoms with van der Waals surface area (Å²) in [6.07, 6.45) is 6.86. The zero-order valence-corrected chi connectivity index (χ0v) is 13.2. The zero-order valence-electron chi connectivity index (χ0n) is 12.5. The molecule has 0 aromatic carbocycles. The molecule has 3 rings (SSSR count). The fourth-order valence-corrected chi connectivity index (χ4v) is 2.28. The number of rotatable bonds is 5. The molecule has 0 saturated heterocycles. The number of aryl methyl sites for hydroxylation is 2. The van der Waals surface area contributed by atoms with Crippen LogP contribution in [0.25, 0.3) is 11.3 Å². The smallest absolute Gasteiger partial charge is 0.274 e. The van der Waals surface area contributed by atoms with Gasteiger partial charge in [-0.1, -0.05) is 6.07 Å². The van der Waals surface area contributed by atoms with E-state index in [9.17, 15) is 4.79 Å². The highest BCUT2D eigenvalue weighted by Gasteiger charge is 2.11. The van der Waals surface area contributed by atoms with E-state index < -0.39 is 0 Å². The molecule has 23 heavy (non-hydrogen) atoms. The van der Waals surface area contributed by atoms with Crippen LogP contribution < -0.4 is 5.32 Å². The highest BCUT2D eigenvalue weighted by Crippen LogP contribution is 2.17. The van der Waals surface area contributed by atoms with Gasteiger partial charge in [0.15, 0.2) is 0 Å². The zero-order chi connectivity index (χ0) is 16.2. The summed E-state index contributed by atoms with van der Waals surface area (Å²) in [5.41, 5.74) is 2.48. The topological polar surface area (TPSA) is 77.6 Å². The third-order valence-electron chi connectivity index (χ3n) is 3.19. The van der Waals surface area contributed by atoms with Gasteiger partial charge in [-0.2, -0.15) is 10.2 Å². The standard InChI is InChI=1S/C15H15ClN6O/c1-21-10-12(8-17-21)19-15(23)14-4-2-3-13(20-14)11-7-18-22(9-11)6-5-16/h2-4,7-10H,5-6H2,1H3,(H,19,23). The monoisotopic (exact) mass is 330 g/mol. The molecule has 0 unspecified atom stereocenters. The van der Waals surface area contributed by atoms with Crippen molar-refractivity contribution in [2.24, 2.45) is 7.05 Å².